The van der Waals surface area contributed by atoms with Crippen LogP contribution in [0, 0.1) is 0 Å². The Balaban J connectivity index is 0.894. The number of fused-ring (bicyclic) bond motifs is 15. The Labute approximate surface area is 396 Å². The molecule has 0 unspecified atom stereocenters. The van der Waals surface area contributed by atoms with Crippen molar-refractivity contribution < 1.29 is 14.2 Å². The molecule has 0 atom stereocenters. The first-order valence-electron chi connectivity index (χ1n) is 23.8. The average Bonchev–Trinajstić information content (AvgIpc) is 4.07. The lowest BCUT2D eigenvalue weighted by atomic mass is 9.92. The van der Waals surface area contributed by atoms with Crippen LogP contribution in [0.2, 0.25) is 0 Å². The number of benzene rings is 7. The van der Waals surface area contributed by atoms with Gasteiger partial charge in [0, 0.05) is 29.8 Å². The summed E-state index contributed by atoms with van der Waals surface area (Å²) in [5, 5.41) is 31.9. The Morgan fingerprint density at radius 2 is 1.10 bits per heavy atom. The molecule has 9 aromatic rings. The third kappa shape index (κ3) is 10.4. The number of nitrogens with zero attached hydrogens (tertiary/aromatic N) is 8. The maximum absolute atomic E-state index is 6.70. The van der Waals surface area contributed by atoms with Crippen molar-refractivity contribution in [2.45, 2.75) is 71.1 Å². The first kappa shape index (κ1) is 43.9. The predicted octanol–water partition coefficient (Wildman–Crippen LogP) is 14.4. The minimum Gasteiger partial charge on any atom is -0.493 e. The molecule has 0 radical (unpaired) electrons. The van der Waals surface area contributed by atoms with Crippen LogP contribution >= 0.6 is 0 Å². The van der Waals surface area contributed by atoms with E-state index in [1.54, 1.807) is 0 Å². The standard InChI is InChI=1S/C57H54N8O3/c1-2-41-22-24-42(25-23-41)45-28-29-53-51(37-45)60-58-47-19-15-18-46(36-47)52-39-65(63-61-52)33-12-4-6-14-35-67-54-30-26-43-16-7-9-20-49(43)56(54)57-50-21-10-8-17-44(50)27-31-55(57)68-40-48-38-64(62-59-48)32-11-3-5-13-34-66-53/h2,7-10,15-31,36-39H,1,3-6,11-14,32-35,40H2. The van der Waals surface area contributed by atoms with E-state index >= 15 is 0 Å². The number of hydrogen-bond donors (Lipinski definition) is 0. The molecule has 0 N–H and O–H groups in total. The van der Waals surface area contributed by atoms with Crippen LogP contribution in [0.25, 0.3) is 61.1 Å². The normalized spacial score (nSPS) is 14.4. The zero-order valence-corrected chi connectivity index (χ0v) is 38.2. The number of hydrogen-bond acceptors (Lipinski definition) is 9. The van der Waals surface area contributed by atoms with Gasteiger partial charge in [0.2, 0.25) is 0 Å². The van der Waals surface area contributed by atoms with E-state index in [0.717, 1.165) is 142 Å². The fourth-order valence-electron chi connectivity index (χ4n) is 8.84. The molecular weight excluding hydrogens is 845 g/mol. The second-order valence-corrected chi connectivity index (χ2v) is 17.2. The predicted molar refractivity (Wildman–Crippen MR) is 271 cm³/mol. The van der Waals surface area contributed by atoms with Gasteiger partial charge in [-0.25, -0.2) is 0 Å². The molecule has 10 rings (SSSR count). The van der Waals surface area contributed by atoms with Gasteiger partial charge in [-0.3, -0.25) is 9.36 Å². The van der Waals surface area contributed by atoms with Crippen molar-refractivity contribution in [3.8, 4) is 50.8 Å². The van der Waals surface area contributed by atoms with E-state index < -0.39 is 0 Å². The van der Waals surface area contributed by atoms with Gasteiger partial charge in [0.05, 0.1) is 31.3 Å². The second kappa shape index (κ2) is 21.1. The quantitative estimate of drug-likeness (QED) is 0.170. The smallest absolute Gasteiger partial charge is 0.146 e. The van der Waals surface area contributed by atoms with Crippen molar-refractivity contribution >= 4 is 39.0 Å². The Bertz CT molecular complexity index is 3190. The molecule has 0 saturated carbocycles. The van der Waals surface area contributed by atoms with Crippen LogP contribution in [0.5, 0.6) is 17.2 Å². The van der Waals surface area contributed by atoms with Crippen LogP contribution in [0.3, 0.4) is 0 Å². The lowest BCUT2D eigenvalue weighted by Gasteiger charge is -2.19. The molecule has 0 spiro atoms. The van der Waals surface area contributed by atoms with Crippen LogP contribution in [-0.2, 0) is 19.7 Å². The summed E-state index contributed by atoms with van der Waals surface area (Å²) in [6.07, 6.45) is 13.7. The zero-order chi connectivity index (χ0) is 45.9. The fraction of sp³-hybridized carbons (Fsp3) is 0.228. The Kier molecular flexibility index (Phi) is 13.7. The van der Waals surface area contributed by atoms with Crippen LogP contribution in [0.15, 0.2) is 169 Å². The lowest BCUT2D eigenvalue weighted by molar-refractivity contribution is 0.299. The molecule has 0 amide bonds. The summed E-state index contributed by atoms with van der Waals surface area (Å²) in [5.74, 6) is 2.31. The van der Waals surface area contributed by atoms with E-state index in [0.29, 0.717) is 30.3 Å². The summed E-state index contributed by atoms with van der Waals surface area (Å²) in [6, 6.07) is 47.8. The highest BCUT2D eigenvalue weighted by Gasteiger charge is 2.20. The molecule has 1 aliphatic rings. The third-order valence-electron chi connectivity index (χ3n) is 12.5. The maximum Gasteiger partial charge on any atom is 0.146 e. The summed E-state index contributed by atoms with van der Waals surface area (Å²) in [5.41, 5.74) is 9.10. The molecule has 68 heavy (non-hydrogen) atoms. The van der Waals surface area contributed by atoms with Gasteiger partial charge < -0.3 is 14.2 Å². The fourth-order valence-corrected chi connectivity index (χ4v) is 8.84. The minimum atomic E-state index is 0.288. The summed E-state index contributed by atoms with van der Waals surface area (Å²) in [6.45, 7) is 6.89. The first-order valence-corrected chi connectivity index (χ1v) is 23.8. The van der Waals surface area contributed by atoms with Gasteiger partial charge >= 0.3 is 0 Å². The zero-order valence-electron chi connectivity index (χ0n) is 38.2. The van der Waals surface area contributed by atoms with Crippen molar-refractivity contribution in [1.82, 2.24) is 30.0 Å². The topological polar surface area (TPSA) is 114 Å². The van der Waals surface area contributed by atoms with E-state index in [1.807, 2.05) is 64.2 Å². The highest BCUT2D eigenvalue weighted by atomic mass is 16.5. The Hall–Kier alpha value is -7.92. The van der Waals surface area contributed by atoms with Crippen LogP contribution < -0.4 is 14.2 Å². The van der Waals surface area contributed by atoms with Crippen molar-refractivity contribution in [3.05, 3.63) is 170 Å². The molecule has 6 bridgehead atoms. The number of rotatable bonds is 2. The van der Waals surface area contributed by atoms with E-state index in [-0.39, 0.29) is 6.61 Å². The molecule has 3 heterocycles. The minimum absolute atomic E-state index is 0.288. The molecular formula is C57H54N8O3. The summed E-state index contributed by atoms with van der Waals surface area (Å²) in [4.78, 5) is 0. The van der Waals surface area contributed by atoms with Crippen molar-refractivity contribution in [2.24, 2.45) is 10.2 Å². The van der Waals surface area contributed by atoms with Crippen molar-refractivity contribution in [2.75, 3.05) is 13.2 Å². The summed E-state index contributed by atoms with van der Waals surface area (Å²) < 4.78 is 23.6. The molecule has 0 fully saturated rings. The van der Waals surface area contributed by atoms with E-state index in [1.165, 1.54) is 0 Å². The molecule has 11 heteroatoms. The number of ether oxygens (including phenoxy) is 3. The van der Waals surface area contributed by atoms with Gasteiger partial charge in [-0.15, -0.1) is 15.3 Å². The maximum atomic E-state index is 6.70. The van der Waals surface area contributed by atoms with Gasteiger partial charge in [-0.05, 0) is 113 Å². The Morgan fingerprint density at radius 1 is 0.485 bits per heavy atom. The van der Waals surface area contributed by atoms with E-state index in [9.17, 15) is 0 Å². The SMILES string of the molecule is C=Cc1ccc(-c2ccc3c(c2)N=Nc2cccc(c2)-c2cn(nn2)CCCCCCOc2ccc4ccccc4c2-c2c(ccc4ccccc24)OCc2cn(nn2)CCCCCCO3)cc1. The molecule has 0 aliphatic carbocycles. The van der Waals surface area contributed by atoms with Crippen molar-refractivity contribution in [3.63, 3.8) is 0 Å². The second-order valence-electron chi connectivity index (χ2n) is 17.2. The highest BCUT2D eigenvalue weighted by molar-refractivity contribution is 6.09. The van der Waals surface area contributed by atoms with Gasteiger partial charge in [0.1, 0.15) is 40.9 Å². The van der Waals surface area contributed by atoms with Crippen LogP contribution in [0.4, 0.5) is 11.4 Å². The molecule has 2 aromatic heterocycles. The number of aromatic nitrogens is 6. The van der Waals surface area contributed by atoms with E-state index in [4.69, 9.17) is 24.4 Å². The van der Waals surface area contributed by atoms with Gasteiger partial charge in [0.15, 0.2) is 0 Å². The highest BCUT2D eigenvalue weighted by Crippen LogP contribution is 2.46. The van der Waals surface area contributed by atoms with Crippen LogP contribution in [-0.4, -0.2) is 43.2 Å². The molecule has 0 saturated heterocycles. The first-order chi connectivity index (χ1) is 33.6. The largest absolute Gasteiger partial charge is 0.493 e. The molecule has 340 valence electrons. The average molecular weight is 899 g/mol. The molecule has 1 aliphatic heterocycles. The van der Waals surface area contributed by atoms with Gasteiger partial charge in [-0.2, -0.15) is 5.11 Å². The summed E-state index contributed by atoms with van der Waals surface area (Å²) in [7, 11) is 0. The van der Waals surface area contributed by atoms with Gasteiger partial charge in [0.25, 0.3) is 0 Å². The summed E-state index contributed by atoms with van der Waals surface area (Å²) >= 11 is 0. The van der Waals surface area contributed by atoms with Crippen molar-refractivity contribution in [1.29, 1.82) is 0 Å². The number of aryl methyl sites for hydroxylation is 2. The third-order valence-corrected chi connectivity index (χ3v) is 12.5. The van der Waals surface area contributed by atoms with Gasteiger partial charge in [-0.1, -0.05) is 139 Å². The molecule has 11 nitrogen and oxygen atoms in total. The Morgan fingerprint density at radius 3 is 1.82 bits per heavy atom. The van der Waals surface area contributed by atoms with Crippen LogP contribution in [0.1, 0.15) is 62.6 Å². The van der Waals surface area contributed by atoms with E-state index in [2.05, 4.69) is 130 Å². The number of azo groups is 1. The monoisotopic (exact) mass is 898 g/mol. The lowest BCUT2D eigenvalue weighted by Crippen LogP contribution is -2.03. The molecule has 7 aromatic carbocycles.